The van der Waals surface area contributed by atoms with Gasteiger partial charge < -0.3 is 20.9 Å². The van der Waals surface area contributed by atoms with Crippen LogP contribution >= 0.6 is 0 Å². The van der Waals surface area contributed by atoms with Crippen LogP contribution in [-0.2, 0) is 9.47 Å². The van der Waals surface area contributed by atoms with E-state index < -0.39 is 0 Å². The molecule has 0 bridgehead atoms. The van der Waals surface area contributed by atoms with E-state index in [1.165, 1.54) is 141 Å². The van der Waals surface area contributed by atoms with Crippen molar-refractivity contribution in [3.8, 4) is 0 Å². The van der Waals surface area contributed by atoms with Crippen LogP contribution in [0.5, 0.6) is 0 Å². The van der Waals surface area contributed by atoms with E-state index in [9.17, 15) is 0 Å². The van der Waals surface area contributed by atoms with Crippen molar-refractivity contribution < 1.29 is 9.47 Å². The molecule has 0 saturated carbocycles. The molecular weight excluding hydrogens is 420 g/mol. The molecule has 0 aromatic rings. The van der Waals surface area contributed by atoms with Gasteiger partial charge in [0.1, 0.15) is 0 Å². The normalized spacial score (nSPS) is 10.9. The summed E-state index contributed by atoms with van der Waals surface area (Å²) in [7, 11) is 0. The van der Waals surface area contributed by atoms with E-state index in [0.29, 0.717) is 0 Å². The number of hydrogen-bond donors (Lipinski definition) is 2. The highest BCUT2D eigenvalue weighted by molar-refractivity contribution is 4.50. The highest BCUT2D eigenvalue weighted by Crippen LogP contribution is 2.13. The molecule has 0 heterocycles. The largest absolute Gasteiger partial charge is 0.382 e. The number of unbranched alkanes of at least 4 members (excludes halogenated alkanes) is 20. The van der Waals surface area contributed by atoms with E-state index in [0.717, 1.165) is 39.5 Å². The second-order valence-electron chi connectivity index (χ2n) is 9.75. The third kappa shape index (κ3) is 39.1. The first kappa shape index (κ1) is 36.0. The lowest BCUT2D eigenvalue weighted by Crippen LogP contribution is -1.97. The Kier molecular flexibility index (Phi) is 39.6. The van der Waals surface area contributed by atoms with Crippen LogP contribution in [0.1, 0.15) is 155 Å². The monoisotopic (exact) mass is 487 g/mol. The second-order valence-corrected chi connectivity index (χ2v) is 9.75. The van der Waals surface area contributed by atoms with Gasteiger partial charge in [0.05, 0.1) is 0 Å². The third-order valence-corrected chi connectivity index (χ3v) is 6.39. The molecule has 4 N–H and O–H groups in total. The van der Waals surface area contributed by atoms with Crippen molar-refractivity contribution in [2.24, 2.45) is 11.5 Å². The molecule has 0 aliphatic carbocycles. The molecule has 0 aromatic heterocycles. The van der Waals surface area contributed by atoms with Gasteiger partial charge in [-0.2, -0.15) is 0 Å². The van der Waals surface area contributed by atoms with E-state index in [2.05, 4.69) is 6.92 Å². The molecule has 0 radical (unpaired) electrons. The second kappa shape index (κ2) is 37.4. The van der Waals surface area contributed by atoms with Gasteiger partial charge >= 0.3 is 0 Å². The molecule has 0 saturated heterocycles. The van der Waals surface area contributed by atoms with Crippen molar-refractivity contribution in [1.82, 2.24) is 0 Å². The van der Waals surface area contributed by atoms with E-state index in [4.69, 9.17) is 20.9 Å². The van der Waals surface area contributed by atoms with Crippen LogP contribution in [0, 0.1) is 0 Å². The molecule has 34 heavy (non-hydrogen) atoms. The highest BCUT2D eigenvalue weighted by Gasteiger charge is 1.95. The Labute approximate surface area is 215 Å². The lowest BCUT2D eigenvalue weighted by molar-refractivity contribution is 0.142. The SMILES string of the molecule is CCOCCCCCCCCCCCCCCCCCCN.CCOCCCCCCCCN. The number of rotatable bonds is 28. The van der Waals surface area contributed by atoms with Gasteiger partial charge in [0.15, 0.2) is 0 Å². The topological polar surface area (TPSA) is 70.5 Å². The fourth-order valence-corrected chi connectivity index (χ4v) is 4.17. The standard InChI is InChI=1S/C20H43NO.C10H23NO/c1-2-22-20-18-16-14-12-10-8-6-4-3-5-7-9-11-13-15-17-19-21;1-2-12-10-8-6-4-3-5-7-9-11/h2-21H2,1H3;2-11H2,1H3. The van der Waals surface area contributed by atoms with Gasteiger partial charge in [-0.15, -0.1) is 0 Å². The molecule has 0 aliphatic rings. The van der Waals surface area contributed by atoms with Crippen LogP contribution < -0.4 is 11.5 Å². The molecule has 4 heteroatoms. The Balaban J connectivity index is 0. The lowest BCUT2D eigenvalue weighted by atomic mass is 10.0. The predicted molar refractivity (Wildman–Crippen MR) is 153 cm³/mol. The van der Waals surface area contributed by atoms with Crippen molar-refractivity contribution in [3.63, 3.8) is 0 Å². The van der Waals surface area contributed by atoms with Gasteiger partial charge in [-0.05, 0) is 52.6 Å². The van der Waals surface area contributed by atoms with Gasteiger partial charge in [0, 0.05) is 26.4 Å². The van der Waals surface area contributed by atoms with Crippen LogP contribution in [0.4, 0.5) is 0 Å². The number of ether oxygens (including phenoxy) is 2. The average Bonchev–Trinajstić information content (AvgIpc) is 2.85. The fraction of sp³-hybridized carbons (Fsp3) is 1.00. The first-order valence-corrected chi connectivity index (χ1v) is 15.4. The zero-order valence-electron chi connectivity index (χ0n) is 23.8. The third-order valence-electron chi connectivity index (χ3n) is 6.39. The molecule has 4 nitrogen and oxygen atoms in total. The Morgan fingerprint density at radius 3 is 0.735 bits per heavy atom. The predicted octanol–water partition coefficient (Wildman–Crippen LogP) is 8.55. The van der Waals surface area contributed by atoms with E-state index in [-0.39, 0.29) is 0 Å². The molecule has 0 fully saturated rings. The molecule has 0 atom stereocenters. The highest BCUT2D eigenvalue weighted by atomic mass is 16.5. The Hall–Kier alpha value is -0.160. The average molecular weight is 487 g/mol. The van der Waals surface area contributed by atoms with Crippen molar-refractivity contribution in [2.75, 3.05) is 39.5 Å². The maximum Gasteiger partial charge on any atom is 0.0465 e. The summed E-state index contributed by atoms with van der Waals surface area (Å²) in [6, 6.07) is 0. The van der Waals surface area contributed by atoms with Crippen LogP contribution in [0.25, 0.3) is 0 Å². The van der Waals surface area contributed by atoms with Gasteiger partial charge in [-0.1, -0.05) is 116 Å². The van der Waals surface area contributed by atoms with Gasteiger partial charge in [-0.25, -0.2) is 0 Å². The molecule has 0 amide bonds. The smallest absolute Gasteiger partial charge is 0.0465 e. The lowest BCUT2D eigenvalue weighted by Gasteiger charge is -2.04. The van der Waals surface area contributed by atoms with Gasteiger partial charge in [0.25, 0.3) is 0 Å². The summed E-state index contributed by atoms with van der Waals surface area (Å²) in [6.45, 7) is 9.45. The molecular formula is C30H66N2O2. The van der Waals surface area contributed by atoms with Gasteiger partial charge in [-0.3, -0.25) is 0 Å². The van der Waals surface area contributed by atoms with Crippen molar-refractivity contribution in [1.29, 1.82) is 0 Å². The zero-order chi connectivity index (χ0) is 25.2. The summed E-state index contributed by atoms with van der Waals surface area (Å²) < 4.78 is 10.6. The zero-order valence-corrected chi connectivity index (χ0v) is 23.8. The summed E-state index contributed by atoms with van der Waals surface area (Å²) in [5.74, 6) is 0. The minimum atomic E-state index is 0.846. The van der Waals surface area contributed by atoms with E-state index in [1.807, 2.05) is 6.92 Å². The number of nitrogens with two attached hydrogens (primary N) is 2. The molecule has 0 aromatic carbocycles. The molecule has 0 aliphatic heterocycles. The summed E-state index contributed by atoms with van der Waals surface area (Å²) in [5.41, 5.74) is 10.9. The van der Waals surface area contributed by atoms with Crippen LogP contribution in [0.2, 0.25) is 0 Å². The molecule has 208 valence electrons. The summed E-state index contributed by atoms with van der Waals surface area (Å²) >= 11 is 0. The fourth-order valence-electron chi connectivity index (χ4n) is 4.17. The maximum atomic E-state index is 5.50. The van der Waals surface area contributed by atoms with Crippen molar-refractivity contribution in [2.45, 2.75) is 155 Å². The first-order chi connectivity index (χ1) is 16.8. The Morgan fingerprint density at radius 2 is 0.529 bits per heavy atom. The molecule has 0 spiro atoms. The quantitative estimate of drug-likeness (QED) is 0.109. The van der Waals surface area contributed by atoms with Crippen molar-refractivity contribution >= 4 is 0 Å². The van der Waals surface area contributed by atoms with E-state index in [1.54, 1.807) is 0 Å². The Morgan fingerprint density at radius 1 is 0.324 bits per heavy atom. The van der Waals surface area contributed by atoms with E-state index >= 15 is 0 Å². The molecule has 0 unspecified atom stereocenters. The summed E-state index contributed by atoms with van der Waals surface area (Å²) in [5, 5.41) is 0. The van der Waals surface area contributed by atoms with Crippen LogP contribution in [0.15, 0.2) is 0 Å². The van der Waals surface area contributed by atoms with Crippen molar-refractivity contribution in [3.05, 3.63) is 0 Å². The first-order valence-electron chi connectivity index (χ1n) is 15.4. The minimum Gasteiger partial charge on any atom is -0.382 e. The maximum absolute atomic E-state index is 5.50. The molecule has 0 rings (SSSR count). The van der Waals surface area contributed by atoms with Crippen LogP contribution in [0.3, 0.4) is 0 Å². The Bertz CT molecular complexity index is 286. The number of hydrogen-bond acceptors (Lipinski definition) is 4. The summed E-state index contributed by atoms with van der Waals surface area (Å²) in [6.07, 6.45) is 30.1. The summed E-state index contributed by atoms with van der Waals surface area (Å²) in [4.78, 5) is 0. The minimum absolute atomic E-state index is 0.846. The van der Waals surface area contributed by atoms with Gasteiger partial charge in [0.2, 0.25) is 0 Å². The van der Waals surface area contributed by atoms with Crippen LogP contribution in [-0.4, -0.2) is 39.5 Å².